The summed E-state index contributed by atoms with van der Waals surface area (Å²) < 4.78 is 7.30. The van der Waals surface area contributed by atoms with Gasteiger partial charge in [-0.1, -0.05) is 48.5 Å². The summed E-state index contributed by atoms with van der Waals surface area (Å²) in [5.41, 5.74) is 3.57. The van der Waals surface area contributed by atoms with Crippen LogP contribution >= 0.6 is 0 Å². The third-order valence-corrected chi connectivity index (χ3v) is 5.08. The molecule has 1 heterocycles. The van der Waals surface area contributed by atoms with Crippen LogP contribution in [0, 0.1) is 0 Å². The first-order valence-electron chi connectivity index (χ1n) is 9.79. The Kier molecular flexibility index (Phi) is 5.77. The molecular formula is C24H24N4O2. The molecule has 0 bridgehead atoms. The summed E-state index contributed by atoms with van der Waals surface area (Å²) in [4.78, 5) is 17.8. The number of aromatic nitrogens is 2. The van der Waals surface area contributed by atoms with Crippen molar-refractivity contribution in [1.82, 2.24) is 14.9 Å². The summed E-state index contributed by atoms with van der Waals surface area (Å²) in [7, 11) is 3.59. The maximum Gasteiger partial charge on any atom is 0.246 e. The van der Waals surface area contributed by atoms with Gasteiger partial charge in [0.2, 0.25) is 5.91 Å². The molecule has 4 aromatic rings. The number of amides is 1. The smallest absolute Gasteiger partial charge is 0.246 e. The average Bonchev–Trinajstić information content (AvgIpc) is 3.10. The van der Waals surface area contributed by atoms with Crippen LogP contribution in [0.2, 0.25) is 0 Å². The van der Waals surface area contributed by atoms with Crippen LogP contribution in [0.25, 0.3) is 11.0 Å². The van der Waals surface area contributed by atoms with Crippen molar-refractivity contribution in [2.75, 3.05) is 12.4 Å². The number of imidazole rings is 1. The summed E-state index contributed by atoms with van der Waals surface area (Å²) in [6.07, 6.45) is 0. The normalized spacial score (nSPS) is 11.9. The number of nitrogens with one attached hydrogen (secondary N) is 2. The van der Waals surface area contributed by atoms with E-state index in [4.69, 9.17) is 9.72 Å². The first-order chi connectivity index (χ1) is 14.7. The molecule has 1 aromatic heterocycles. The van der Waals surface area contributed by atoms with Gasteiger partial charge in [0.25, 0.3) is 0 Å². The van der Waals surface area contributed by atoms with Crippen molar-refractivity contribution in [3.05, 3.63) is 90.3 Å². The van der Waals surface area contributed by atoms with Crippen molar-refractivity contribution in [3.8, 4) is 5.75 Å². The van der Waals surface area contributed by atoms with Crippen molar-refractivity contribution >= 4 is 22.6 Å². The standard InChI is InChI=1S/C24H24N4O2/c1-28-21-14-7-6-13-20(21)27-22(28)16-25-23(17-9-4-3-5-10-17)24(29)26-18-11-8-12-19(15-18)30-2/h3-15,23,25H,16H2,1-2H3,(H,26,29)/t23-/m0/s1. The number of ether oxygens (including phenoxy) is 1. The lowest BCUT2D eigenvalue weighted by Crippen LogP contribution is -2.33. The number of hydrogen-bond acceptors (Lipinski definition) is 4. The summed E-state index contributed by atoms with van der Waals surface area (Å²) in [6.45, 7) is 0.455. The van der Waals surface area contributed by atoms with Crippen molar-refractivity contribution in [2.45, 2.75) is 12.6 Å². The Hall–Kier alpha value is -3.64. The fourth-order valence-corrected chi connectivity index (χ4v) is 3.47. The first-order valence-corrected chi connectivity index (χ1v) is 9.79. The lowest BCUT2D eigenvalue weighted by atomic mass is 10.1. The van der Waals surface area contributed by atoms with Gasteiger partial charge in [-0.05, 0) is 29.8 Å². The molecule has 2 N–H and O–H groups in total. The molecule has 0 aliphatic heterocycles. The molecule has 3 aromatic carbocycles. The van der Waals surface area contributed by atoms with Crippen molar-refractivity contribution in [1.29, 1.82) is 0 Å². The van der Waals surface area contributed by atoms with Gasteiger partial charge in [0.15, 0.2) is 0 Å². The number of carbonyl (C=O) groups is 1. The van der Waals surface area contributed by atoms with Gasteiger partial charge in [-0.3, -0.25) is 10.1 Å². The summed E-state index contributed by atoms with van der Waals surface area (Å²) in [5, 5.41) is 6.36. The number of methoxy groups -OCH3 is 1. The lowest BCUT2D eigenvalue weighted by molar-refractivity contribution is -0.118. The molecule has 0 radical (unpaired) electrons. The highest BCUT2D eigenvalue weighted by Gasteiger charge is 2.21. The van der Waals surface area contributed by atoms with Gasteiger partial charge in [-0.15, -0.1) is 0 Å². The van der Waals surface area contributed by atoms with E-state index >= 15 is 0 Å². The maximum atomic E-state index is 13.1. The van der Waals surface area contributed by atoms with E-state index in [1.54, 1.807) is 13.2 Å². The number of para-hydroxylation sites is 2. The zero-order valence-electron chi connectivity index (χ0n) is 17.0. The molecule has 0 saturated carbocycles. The van der Waals surface area contributed by atoms with Crippen LogP contribution in [0.15, 0.2) is 78.9 Å². The molecule has 0 spiro atoms. The van der Waals surface area contributed by atoms with Crippen molar-refractivity contribution in [3.63, 3.8) is 0 Å². The van der Waals surface area contributed by atoms with E-state index in [0.717, 1.165) is 22.4 Å². The molecule has 6 heteroatoms. The molecule has 0 aliphatic rings. The predicted octanol–water partition coefficient (Wildman–Crippen LogP) is 4.05. The number of nitrogens with zero attached hydrogens (tertiary/aromatic N) is 2. The number of carbonyl (C=O) groups excluding carboxylic acids is 1. The molecule has 1 atom stereocenters. The van der Waals surface area contributed by atoms with Crippen LogP contribution in [0.5, 0.6) is 5.75 Å². The van der Waals surface area contributed by atoms with Gasteiger partial charge >= 0.3 is 0 Å². The number of hydrogen-bond donors (Lipinski definition) is 2. The Morgan fingerprint density at radius 1 is 1.03 bits per heavy atom. The Morgan fingerprint density at radius 3 is 2.57 bits per heavy atom. The first kappa shape index (κ1) is 19.7. The minimum absolute atomic E-state index is 0.145. The second kappa shape index (κ2) is 8.80. The van der Waals surface area contributed by atoms with Crippen LogP contribution in [0.3, 0.4) is 0 Å². The van der Waals surface area contributed by atoms with Crippen LogP contribution < -0.4 is 15.4 Å². The van der Waals surface area contributed by atoms with Gasteiger partial charge in [0.1, 0.15) is 17.6 Å². The third-order valence-electron chi connectivity index (χ3n) is 5.08. The predicted molar refractivity (Wildman–Crippen MR) is 118 cm³/mol. The van der Waals surface area contributed by atoms with E-state index in [9.17, 15) is 4.79 Å². The highest BCUT2D eigenvalue weighted by molar-refractivity contribution is 5.95. The topological polar surface area (TPSA) is 68.2 Å². The molecule has 0 unspecified atom stereocenters. The molecule has 152 valence electrons. The zero-order valence-corrected chi connectivity index (χ0v) is 17.0. The quantitative estimate of drug-likeness (QED) is 0.491. The largest absolute Gasteiger partial charge is 0.497 e. The van der Waals surface area contributed by atoms with Gasteiger partial charge in [-0.25, -0.2) is 4.98 Å². The molecular weight excluding hydrogens is 376 g/mol. The molecule has 4 rings (SSSR count). The Balaban J connectivity index is 1.56. The number of anilines is 1. The van der Waals surface area contributed by atoms with Crippen molar-refractivity contribution < 1.29 is 9.53 Å². The number of benzene rings is 3. The molecule has 30 heavy (non-hydrogen) atoms. The van der Waals surface area contributed by atoms with E-state index in [1.165, 1.54) is 0 Å². The van der Waals surface area contributed by atoms with Crippen LogP contribution in [-0.4, -0.2) is 22.6 Å². The minimum Gasteiger partial charge on any atom is -0.497 e. The molecule has 6 nitrogen and oxygen atoms in total. The minimum atomic E-state index is -0.530. The van der Waals surface area contributed by atoms with Crippen LogP contribution in [-0.2, 0) is 18.4 Å². The second-order valence-electron chi connectivity index (χ2n) is 7.02. The summed E-state index contributed by atoms with van der Waals surface area (Å²) >= 11 is 0. The number of fused-ring (bicyclic) bond motifs is 1. The van der Waals surface area contributed by atoms with Crippen LogP contribution in [0.4, 0.5) is 5.69 Å². The lowest BCUT2D eigenvalue weighted by Gasteiger charge is -2.19. The monoisotopic (exact) mass is 400 g/mol. The Labute approximate surface area is 175 Å². The SMILES string of the molecule is COc1cccc(NC(=O)[C@@H](NCc2nc3ccccc3n2C)c2ccccc2)c1. The van der Waals surface area contributed by atoms with E-state index in [2.05, 4.69) is 10.6 Å². The highest BCUT2D eigenvalue weighted by Crippen LogP contribution is 2.21. The van der Waals surface area contributed by atoms with Gasteiger partial charge in [-0.2, -0.15) is 0 Å². The molecule has 0 saturated heterocycles. The zero-order chi connectivity index (χ0) is 20.9. The third kappa shape index (κ3) is 4.18. The number of rotatable bonds is 7. The fraction of sp³-hybridized carbons (Fsp3) is 0.167. The van der Waals surface area contributed by atoms with Crippen molar-refractivity contribution in [2.24, 2.45) is 7.05 Å². The van der Waals surface area contributed by atoms with E-state index in [0.29, 0.717) is 18.0 Å². The molecule has 0 aliphatic carbocycles. The molecule has 0 fully saturated rings. The van der Waals surface area contributed by atoms with E-state index < -0.39 is 6.04 Å². The Bertz CT molecular complexity index is 1150. The molecule has 1 amide bonds. The highest BCUT2D eigenvalue weighted by atomic mass is 16.5. The Morgan fingerprint density at radius 2 is 1.80 bits per heavy atom. The van der Waals surface area contributed by atoms with Crippen LogP contribution in [0.1, 0.15) is 17.4 Å². The van der Waals surface area contributed by atoms with Gasteiger partial charge < -0.3 is 14.6 Å². The second-order valence-corrected chi connectivity index (χ2v) is 7.02. The number of aryl methyl sites for hydroxylation is 1. The van der Waals surface area contributed by atoms with Gasteiger partial charge in [0, 0.05) is 18.8 Å². The van der Waals surface area contributed by atoms with E-state index in [1.807, 2.05) is 84.4 Å². The average molecular weight is 400 g/mol. The maximum absolute atomic E-state index is 13.1. The summed E-state index contributed by atoms with van der Waals surface area (Å²) in [6, 6.07) is 24.5. The summed E-state index contributed by atoms with van der Waals surface area (Å²) in [5.74, 6) is 1.41. The fourth-order valence-electron chi connectivity index (χ4n) is 3.47. The van der Waals surface area contributed by atoms with E-state index in [-0.39, 0.29) is 5.91 Å². The van der Waals surface area contributed by atoms with Gasteiger partial charge in [0.05, 0.1) is 24.7 Å².